The van der Waals surface area contributed by atoms with Gasteiger partial charge in [-0.15, -0.1) is 54.4 Å². The lowest BCUT2D eigenvalue weighted by Crippen LogP contribution is -2.55. The van der Waals surface area contributed by atoms with E-state index in [1.165, 1.54) is 67.4 Å². The minimum absolute atomic E-state index is 0.0238. The quantitative estimate of drug-likeness (QED) is 0.0737. The van der Waals surface area contributed by atoms with Crippen molar-refractivity contribution in [2.75, 3.05) is 22.6 Å². The summed E-state index contributed by atoms with van der Waals surface area (Å²) in [6.45, 7) is 14.7. The Morgan fingerprint density at radius 3 is 1.44 bits per heavy atom. The van der Waals surface area contributed by atoms with Gasteiger partial charge in [-0.3, -0.25) is 24.2 Å². The standard InChI is InChI=1S/C29H27N7OS.C28H25N7OS.C22H22N4O3S/c1-28-16-29(2,24(36-17-30-34-25(28)36)22-6-4-5-7-23(22)28)26(37)33-27-32-21(15-38-27)12-18-8-10-19(11-9-18)20-13-31-35(3)14-20;1-27-15-28(2,23(35-16-31-34-24(27)35)21-5-3-4-6-22(21)27)25(36)33-26-32-20(14-37-26)11-17-7-9-18(10-8-17)19-12-29-30-13-19;1-4-29-17(27)15-11-30-20(24-15)25-19(28)22(3)12-21(2)14-8-6-5-7-13(14)16(22)26-10-9-23-18(21)26/h4-11,13-15,17,24H,12,16H2,1-3H3,(H,32,33,37);3-10,12-14,16,23H,11,15H2,1-2H3,(H,29,30)(H,32,33,36);5-11,16H,4,12H2,1-3H3,(H,24,25,28). The molecule has 9 atom stereocenters. The zero-order chi connectivity index (χ0) is 72.4. The Kier molecular flexibility index (Phi) is 16.1. The van der Waals surface area contributed by atoms with E-state index in [2.05, 4.69) is 207 Å². The highest BCUT2D eigenvalue weighted by molar-refractivity contribution is 7.14. The molecule has 14 heterocycles. The van der Waals surface area contributed by atoms with Gasteiger partial charge in [0.15, 0.2) is 21.1 Å². The number of esters is 1. The molecule has 6 aliphatic heterocycles. The van der Waals surface area contributed by atoms with Gasteiger partial charge in [-0.05, 0) is 123 Å². The summed E-state index contributed by atoms with van der Waals surface area (Å²) in [5.41, 5.74) is 12.8. The van der Waals surface area contributed by atoms with Gasteiger partial charge in [0.2, 0.25) is 17.7 Å². The fourth-order valence-electron chi connectivity index (χ4n) is 18.0. The maximum atomic E-state index is 13.9. The van der Waals surface area contributed by atoms with Crippen LogP contribution >= 0.6 is 34.0 Å². The number of imidazole rings is 1. The van der Waals surface area contributed by atoms with Gasteiger partial charge in [0.1, 0.15) is 30.1 Å². The van der Waals surface area contributed by atoms with Crippen molar-refractivity contribution in [3.63, 3.8) is 0 Å². The van der Waals surface area contributed by atoms with E-state index in [4.69, 9.17) is 14.7 Å². The van der Waals surface area contributed by atoms with Crippen LogP contribution in [0, 0.1) is 16.2 Å². The highest BCUT2D eigenvalue weighted by atomic mass is 32.1. The fourth-order valence-corrected chi connectivity index (χ4v) is 20.1. The lowest BCUT2D eigenvalue weighted by molar-refractivity contribution is -0.130. The molecule has 23 nitrogen and oxygen atoms in total. The average molecular weight is 1450 g/mol. The van der Waals surface area contributed by atoms with Gasteiger partial charge in [0, 0.05) is 71.9 Å². The third-order valence-electron chi connectivity index (χ3n) is 22.5. The molecule has 9 unspecified atom stereocenters. The van der Waals surface area contributed by atoms with Crippen molar-refractivity contribution in [3.8, 4) is 22.3 Å². The fraction of sp³-hybridized carbons (Fsp3) is 0.291. The van der Waals surface area contributed by atoms with E-state index < -0.39 is 22.2 Å². The number of rotatable bonds is 14. The van der Waals surface area contributed by atoms with E-state index in [-0.39, 0.29) is 64.4 Å². The number of H-pyrrole nitrogens is 1. The molecule has 8 aromatic heterocycles. The second-order valence-corrected chi connectivity index (χ2v) is 32.2. The first kappa shape index (κ1) is 67.0. The van der Waals surface area contributed by atoms with Gasteiger partial charge in [-0.2, -0.15) is 10.2 Å². The molecule has 5 aromatic carbocycles. The summed E-state index contributed by atoms with van der Waals surface area (Å²) in [6, 6.07) is 41.5. The number of carbonyl (C=O) groups is 4. The van der Waals surface area contributed by atoms with Gasteiger partial charge in [-0.1, -0.05) is 121 Å². The van der Waals surface area contributed by atoms with Gasteiger partial charge >= 0.3 is 5.97 Å². The molecule has 0 radical (unpaired) electrons. The van der Waals surface area contributed by atoms with E-state index in [0.717, 1.165) is 62.2 Å². The lowest BCUT2D eigenvalue weighted by Gasteiger charge is -2.54. The van der Waals surface area contributed by atoms with Crippen LogP contribution in [0.25, 0.3) is 22.3 Å². The molecule has 0 saturated heterocycles. The van der Waals surface area contributed by atoms with Gasteiger partial charge in [0.05, 0.1) is 81.0 Å². The third-order valence-corrected chi connectivity index (χ3v) is 24.9. The molecule has 0 fully saturated rings. The summed E-state index contributed by atoms with van der Waals surface area (Å²) in [5, 5.41) is 45.0. The van der Waals surface area contributed by atoms with Crippen LogP contribution in [-0.4, -0.2) is 104 Å². The number of hydrogen-bond donors (Lipinski definition) is 4. The lowest BCUT2D eigenvalue weighted by atomic mass is 9.55. The number of ether oxygens (including phenoxy) is 1. The minimum atomic E-state index is -0.702. The number of fused-ring (bicyclic) bond motifs is 3. The Morgan fingerprint density at radius 2 is 0.981 bits per heavy atom. The molecule has 105 heavy (non-hydrogen) atoms. The number of hydrogen-bond acceptors (Lipinski definition) is 18. The first-order valence-corrected chi connectivity index (χ1v) is 37.6. The van der Waals surface area contributed by atoms with Crippen molar-refractivity contribution in [2.24, 2.45) is 23.3 Å². The number of carbonyl (C=O) groups excluding carboxylic acids is 4. The van der Waals surface area contributed by atoms with Gasteiger partial charge < -0.3 is 34.4 Å². The number of thiazole rings is 3. The second-order valence-electron chi connectivity index (χ2n) is 29.6. The molecule has 4 N–H and O–H groups in total. The molecule has 26 heteroatoms. The van der Waals surface area contributed by atoms with Crippen LogP contribution in [0.2, 0.25) is 0 Å². The highest BCUT2D eigenvalue weighted by Gasteiger charge is 2.63. The van der Waals surface area contributed by atoms with Crippen molar-refractivity contribution in [3.05, 3.63) is 266 Å². The Labute approximate surface area is 616 Å². The molecule has 9 aliphatic rings. The van der Waals surface area contributed by atoms with Crippen molar-refractivity contribution in [1.29, 1.82) is 0 Å². The first-order valence-electron chi connectivity index (χ1n) is 34.9. The normalized spacial score (nSPS) is 24.1. The number of amides is 3. The van der Waals surface area contributed by atoms with E-state index in [1.54, 1.807) is 29.6 Å². The summed E-state index contributed by atoms with van der Waals surface area (Å²) in [6.07, 6.45) is 18.2. The number of aromatic nitrogens is 15. The Hall–Kier alpha value is -11.2. The average Bonchev–Trinajstić information content (AvgIpc) is 1.54. The van der Waals surface area contributed by atoms with E-state index >= 15 is 0 Å². The summed E-state index contributed by atoms with van der Waals surface area (Å²) >= 11 is 4.16. The monoisotopic (exact) mass is 1450 g/mol. The van der Waals surface area contributed by atoms with Crippen molar-refractivity contribution in [2.45, 2.75) is 115 Å². The van der Waals surface area contributed by atoms with Gasteiger partial charge in [-0.25, -0.2) is 24.7 Å². The summed E-state index contributed by atoms with van der Waals surface area (Å²) in [4.78, 5) is 71.6. The summed E-state index contributed by atoms with van der Waals surface area (Å²) < 4.78 is 13.1. The first-order chi connectivity index (χ1) is 50.7. The van der Waals surface area contributed by atoms with Crippen LogP contribution < -0.4 is 16.0 Å². The van der Waals surface area contributed by atoms with Crippen LogP contribution in [0.5, 0.6) is 0 Å². The number of nitrogens with zero attached hydrogens (tertiary/aromatic N) is 14. The molecule has 0 spiro atoms. The van der Waals surface area contributed by atoms with Crippen molar-refractivity contribution in [1.82, 2.24) is 74.0 Å². The predicted octanol–water partition coefficient (Wildman–Crippen LogP) is 13.7. The zero-order valence-electron chi connectivity index (χ0n) is 58.9. The van der Waals surface area contributed by atoms with E-state index in [0.29, 0.717) is 47.5 Å². The third kappa shape index (κ3) is 11.0. The zero-order valence-corrected chi connectivity index (χ0v) is 61.3. The number of benzene rings is 5. The number of nitrogens with one attached hydrogen (secondary N) is 4. The molecule has 528 valence electrons. The molecular weight excluding hydrogens is 1380 g/mol. The largest absolute Gasteiger partial charge is 0.461 e. The molecule has 6 bridgehead atoms. The predicted molar refractivity (Wildman–Crippen MR) is 400 cm³/mol. The molecule has 22 rings (SSSR count). The number of aryl methyl sites for hydroxylation is 1. The van der Waals surface area contributed by atoms with Crippen LogP contribution in [-0.2, 0) is 55.3 Å². The SMILES string of the molecule is CC12CC(C)(C(=O)Nc3nc(Cc4ccc(-c5cn[nH]c5)cc4)cs3)C(c3ccccc31)n1cnnc12.CCOC(=O)c1csc(NC(=O)C2(C)CC3(C)c4ccccc4C2n2ccnc23)n1.Cn1cc(-c2ccc(Cc3csc(NC(=O)C4(C)CC5(C)c6ccccc6C4n4cnnc45)n3)cc2)cn1. The van der Waals surface area contributed by atoms with Crippen molar-refractivity contribution < 1.29 is 23.9 Å². The maximum Gasteiger partial charge on any atom is 0.357 e. The Morgan fingerprint density at radius 1 is 0.533 bits per heavy atom. The molecule has 3 aliphatic carbocycles. The van der Waals surface area contributed by atoms with Crippen molar-refractivity contribution >= 4 is 73.1 Å². The smallest absolute Gasteiger partial charge is 0.357 e. The van der Waals surface area contributed by atoms with Crippen LogP contribution in [0.15, 0.2) is 187 Å². The molecule has 3 amide bonds. The maximum absolute atomic E-state index is 13.9. The van der Waals surface area contributed by atoms with Crippen LogP contribution in [0.4, 0.5) is 15.4 Å². The minimum Gasteiger partial charge on any atom is -0.461 e. The highest BCUT2D eigenvalue weighted by Crippen LogP contribution is 2.63. The summed E-state index contributed by atoms with van der Waals surface area (Å²) in [5.74, 6) is 2.20. The molecule has 13 aromatic rings. The van der Waals surface area contributed by atoms with Crippen LogP contribution in [0.3, 0.4) is 0 Å². The second kappa shape index (κ2) is 25.3. The number of aromatic amines is 1. The van der Waals surface area contributed by atoms with Crippen LogP contribution in [0.1, 0.15) is 170 Å². The van der Waals surface area contributed by atoms with Gasteiger partial charge in [0.25, 0.3) is 0 Å². The molecular formula is C79H74N18O5S3. The van der Waals surface area contributed by atoms with E-state index in [1.807, 2.05) is 86.2 Å². The number of anilines is 3. The molecule has 0 saturated carbocycles. The Balaban J connectivity index is 0.000000117. The van der Waals surface area contributed by atoms with E-state index in [9.17, 15) is 19.2 Å². The summed E-state index contributed by atoms with van der Waals surface area (Å²) in [7, 11) is 1.92. The Bertz CT molecular complexity index is 5530. The topological polar surface area (TPSA) is 278 Å².